The van der Waals surface area contributed by atoms with Crippen molar-refractivity contribution in [2.45, 2.75) is 19.3 Å². The summed E-state index contributed by atoms with van der Waals surface area (Å²) in [7, 11) is 0. The van der Waals surface area contributed by atoms with Crippen LogP contribution in [0.25, 0.3) is 11.3 Å². The van der Waals surface area contributed by atoms with Gasteiger partial charge in [0.05, 0.1) is 0 Å². The average molecular weight is 247 g/mol. The zero-order valence-corrected chi connectivity index (χ0v) is 9.91. The summed E-state index contributed by atoms with van der Waals surface area (Å²) in [6.45, 7) is 0. The van der Waals surface area contributed by atoms with E-state index in [-0.39, 0.29) is 5.75 Å². The molecule has 1 aliphatic carbocycles. The highest BCUT2D eigenvalue weighted by Crippen LogP contribution is 2.36. The molecular formula is C13H11ClN2O. The van der Waals surface area contributed by atoms with Crippen LogP contribution in [0.5, 0.6) is 5.75 Å². The maximum absolute atomic E-state index is 9.86. The first-order valence-electron chi connectivity index (χ1n) is 5.59. The minimum atomic E-state index is 0.234. The molecule has 17 heavy (non-hydrogen) atoms. The second kappa shape index (κ2) is 4.00. The Morgan fingerprint density at radius 1 is 1.06 bits per heavy atom. The number of phenols is 1. The standard InChI is InChI=1S/C13H11ClN2O/c14-13-9-6-3-5-8(9)12(15-16-13)10-4-1-2-7-11(10)17/h1-2,4,7,17H,3,5-6H2. The van der Waals surface area contributed by atoms with E-state index in [1.165, 1.54) is 0 Å². The minimum Gasteiger partial charge on any atom is -0.507 e. The number of para-hydroxylation sites is 1. The first kappa shape index (κ1) is 10.5. The van der Waals surface area contributed by atoms with Gasteiger partial charge in [0.25, 0.3) is 0 Å². The van der Waals surface area contributed by atoms with E-state index in [1.54, 1.807) is 12.1 Å². The van der Waals surface area contributed by atoms with Crippen molar-refractivity contribution in [2.75, 3.05) is 0 Å². The van der Waals surface area contributed by atoms with E-state index in [0.29, 0.717) is 5.15 Å². The van der Waals surface area contributed by atoms with Gasteiger partial charge < -0.3 is 5.11 Å². The zero-order valence-electron chi connectivity index (χ0n) is 9.15. The lowest BCUT2D eigenvalue weighted by atomic mass is 10.0. The van der Waals surface area contributed by atoms with Gasteiger partial charge in [0.1, 0.15) is 11.4 Å². The topological polar surface area (TPSA) is 46.0 Å². The molecule has 86 valence electrons. The summed E-state index contributed by atoms with van der Waals surface area (Å²) < 4.78 is 0. The van der Waals surface area contributed by atoms with Crippen LogP contribution in [0.3, 0.4) is 0 Å². The molecule has 1 N–H and O–H groups in total. The number of aromatic nitrogens is 2. The number of nitrogens with zero attached hydrogens (tertiary/aromatic N) is 2. The summed E-state index contributed by atoms with van der Waals surface area (Å²) >= 11 is 6.03. The van der Waals surface area contributed by atoms with Crippen LogP contribution in [-0.4, -0.2) is 15.3 Å². The Labute approximate surface area is 104 Å². The third-order valence-corrected chi connectivity index (χ3v) is 3.45. The highest BCUT2D eigenvalue weighted by atomic mass is 35.5. The van der Waals surface area contributed by atoms with Crippen LogP contribution in [0.4, 0.5) is 0 Å². The van der Waals surface area contributed by atoms with E-state index in [2.05, 4.69) is 10.2 Å². The lowest BCUT2D eigenvalue weighted by molar-refractivity contribution is 0.477. The molecule has 0 fully saturated rings. The van der Waals surface area contributed by atoms with E-state index in [0.717, 1.165) is 41.6 Å². The fourth-order valence-corrected chi connectivity index (χ4v) is 2.58. The second-order valence-corrected chi connectivity index (χ2v) is 4.53. The van der Waals surface area contributed by atoms with Crippen molar-refractivity contribution in [2.24, 2.45) is 0 Å². The van der Waals surface area contributed by atoms with Crippen molar-refractivity contribution >= 4 is 11.6 Å². The summed E-state index contributed by atoms with van der Waals surface area (Å²) in [4.78, 5) is 0. The lowest BCUT2D eigenvalue weighted by Gasteiger charge is -2.08. The molecule has 1 heterocycles. The van der Waals surface area contributed by atoms with Gasteiger partial charge >= 0.3 is 0 Å². The number of hydrogen-bond acceptors (Lipinski definition) is 3. The molecular weight excluding hydrogens is 236 g/mol. The molecule has 0 unspecified atom stereocenters. The number of rotatable bonds is 1. The predicted molar refractivity (Wildman–Crippen MR) is 66.2 cm³/mol. The normalized spacial score (nSPS) is 13.7. The first-order chi connectivity index (χ1) is 8.27. The number of halogens is 1. The Morgan fingerprint density at radius 3 is 2.65 bits per heavy atom. The van der Waals surface area contributed by atoms with E-state index in [1.807, 2.05) is 12.1 Å². The van der Waals surface area contributed by atoms with Crippen LogP contribution in [0.1, 0.15) is 17.5 Å². The van der Waals surface area contributed by atoms with Crippen molar-refractivity contribution in [1.29, 1.82) is 0 Å². The van der Waals surface area contributed by atoms with Crippen molar-refractivity contribution < 1.29 is 5.11 Å². The molecule has 2 aromatic rings. The number of fused-ring (bicyclic) bond motifs is 1. The van der Waals surface area contributed by atoms with Gasteiger partial charge in [0.2, 0.25) is 0 Å². The first-order valence-corrected chi connectivity index (χ1v) is 5.97. The summed E-state index contributed by atoms with van der Waals surface area (Å²) in [5, 5.41) is 18.5. The molecule has 0 radical (unpaired) electrons. The van der Waals surface area contributed by atoms with Gasteiger partial charge in [-0.3, -0.25) is 0 Å². The van der Waals surface area contributed by atoms with E-state index >= 15 is 0 Å². The molecule has 0 atom stereocenters. The minimum absolute atomic E-state index is 0.234. The molecule has 3 rings (SSSR count). The van der Waals surface area contributed by atoms with Crippen LogP contribution in [0.15, 0.2) is 24.3 Å². The van der Waals surface area contributed by atoms with Gasteiger partial charge in [-0.15, -0.1) is 10.2 Å². The number of hydrogen-bond donors (Lipinski definition) is 1. The predicted octanol–water partition coefficient (Wildman–Crippen LogP) is 2.99. The average Bonchev–Trinajstić information content (AvgIpc) is 2.81. The van der Waals surface area contributed by atoms with Crippen molar-refractivity contribution in [1.82, 2.24) is 10.2 Å². The van der Waals surface area contributed by atoms with Crippen LogP contribution < -0.4 is 0 Å². The molecule has 1 aromatic heterocycles. The molecule has 3 nitrogen and oxygen atoms in total. The molecule has 0 saturated carbocycles. The van der Waals surface area contributed by atoms with Crippen LogP contribution in [0, 0.1) is 0 Å². The van der Waals surface area contributed by atoms with Gasteiger partial charge in [0, 0.05) is 5.56 Å². The third kappa shape index (κ3) is 1.67. The van der Waals surface area contributed by atoms with Crippen LogP contribution >= 0.6 is 11.6 Å². The third-order valence-electron chi connectivity index (χ3n) is 3.15. The number of benzene rings is 1. The monoisotopic (exact) mass is 246 g/mol. The van der Waals surface area contributed by atoms with Crippen molar-refractivity contribution in [3.05, 3.63) is 40.5 Å². The molecule has 1 aromatic carbocycles. The van der Waals surface area contributed by atoms with E-state index in [9.17, 15) is 5.11 Å². The summed E-state index contributed by atoms with van der Waals surface area (Å²) in [6.07, 6.45) is 2.97. The fourth-order valence-electron chi connectivity index (χ4n) is 2.34. The molecule has 0 amide bonds. The Morgan fingerprint density at radius 2 is 1.82 bits per heavy atom. The fraction of sp³-hybridized carbons (Fsp3) is 0.231. The lowest BCUT2D eigenvalue weighted by Crippen LogP contribution is -1.97. The molecule has 0 bridgehead atoms. The van der Waals surface area contributed by atoms with E-state index in [4.69, 9.17) is 11.6 Å². The maximum Gasteiger partial charge on any atom is 0.155 e. The zero-order chi connectivity index (χ0) is 11.8. The van der Waals surface area contributed by atoms with E-state index < -0.39 is 0 Å². The van der Waals surface area contributed by atoms with Gasteiger partial charge in [-0.1, -0.05) is 23.7 Å². The quantitative estimate of drug-likeness (QED) is 0.841. The molecule has 4 heteroatoms. The van der Waals surface area contributed by atoms with Crippen LogP contribution in [-0.2, 0) is 12.8 Å². The highest BCUT2D eigenvalue weighted by Gasteiger charge is 2.22. The van der Waals surface area contributed by atoms with Gasteiger partial charge in [-0.25, -0.2) is 0 Å². The Balaban J connectivity index is 2.23. The van der Waals surface area contributed by atoms with Gasteiger partial charge in [-0.05, 0) is 42.5 Å². The second-order valence-electron chi connectivity index (χ2n) is 4.17. The van der Waals surface area contributed by atoms with Gasteiger partial charge in [0.15, 0.2) is 5.15 Å². The van der Waals surface area contributed by atoms with Crippen LogP contribution in [0.2, 0.25) is 5.15 Å². The summed E-state index contributed by atoms with van der Waals surface area (Å²) in [5.74, 6) is 0.234. The Bertz CT molecular complexity index is 584. The molecule has 1 aliphatic rings. The number of aromatic hydroxyl groups is 1. The Kier molecular flexibility index (Phi) is 2.48. The Hall–Kier alpha value is -1.61. The van der Waals surface area contributed by atoms with Crippen molar-refractivity contribution in [3.63, 3.8) is 0 Å². The maximum atomic E-state index is 9.86. The van der Waals surface area contributed by atoms with Gasteiger partial charge in [-0.2, -0.15) is 0 Å². The molecule has 0 saturated heterocycles. The summed E-state index contributed by atoms with van der Waals surface area (Å²) in [5.41, 5.74) is 3.71. The molecule has 0 aliphatic heterocycles. The van der Waals surface area contributed by atoms with Crippen molar-refractivity contribution in [3.8, 4) is 17.0 Å². The largest absolute Gasteiger partial charge is 0.507 e. The SMILES string of the molecule is Oc1ccccc1-c1nnc(Cl)c2c1CCC2. The summed E-state index contributed by atoms with van der Waals surface area (Å²) in [6, 6.07) is 7.19. The molecule has 0 spiro atoms. The number of phenolic OH excluding ortho intramolecular Hbond substituents is 1. The smallest absolute Gasteiger partial charge is 0.155 e. The highest BCUT2D eigenvalue weighted by molar-refractivity contribution is 6.30.